The molecule has 2 rings (SSSR count). The van der Waals surface area contributed by atoms with E-state index in [1.54, 1.807) is 6.20 Å². The highest BCUT2D eigenvalue weighted by Crippen LogP contribution is 2.18. The molecule has 0 saturated carbocycles. The molecule has 1 amide bonds. The summed E-state index contributed by atoms with van der Waals surface area (Å²) in [6.45, 7) is 9.28. The van der Waals surface area contributed by atoms with Gasteiger partial charge in [-0.1, -0.05) is 13.8 Å². The zero-order chi connectivity index (χ0) is 16.8. The van der Waals surface area contributed by atoms with Gasteiger partial charge < -0.3 is 14.7 Å². The zero-order valence-electron chi connectivity index (χ0n) is 14.5. The second-order valence-electron chi connectivity index (χ2n) is 6.66. The highest BCUT2D eigenvalue weighted by atomic mass is 16.5. The van der Waals surface area contributed by atoms with Crippen LogP contribution in [0.5, 0.6) is 0 Å². The van der Waals surface area contributed by atoms with Crippen LogP contribution in [0, 0.1) is 12.8 Å². The Kier molecular flexibility index (Phi) is 6.59. The molecule has 0 unspecified atom stereocenters. The quantitative estimate of drug-likeness (QED) is 0.778. The summed E-state index contributed by atoms with van der Waals surface area (Å²) < 4.78 is 7.63. The lowest BCUT2D eigenvalue weighted by atomic mass is 10.1. The van der Waals surface area contributed by atoms with Gasteiger partial charge in [-0.15, -0.1) is 0 Å². The van der Waals surface area contributed by atoms with Crippen LogP contribution in [0.25, 0.3) is 0 Å². The first-order valence-corrected chi connectivity index (χ1v) is 8.57. The molecule has 1 aliphatic rings. The van der Waals surface area contributed by atoms with Crippen molar-refractivity contribution < 1.29 is 14.6 Å². The Balaban J connectivity index is 1.89. The number of likely N-dealkylation sites (tertiary alicyclic amines) is 1. The van der Waals surface area contributed by atoms with Crippen molar-refractivity contribution in [1.82, 2.24) is 14.7 Å². The van der Waals surface area contributed by atoms with E-state index in [1.807, 2.05) is 16.5 Å². The minimum Gasteiger partial charge on any atom is -0.396 e. The van der Waals surface area contributed by atoms with Crippen LogP contribution < -0.4 is 0 Å². The van der Waals surface area contributed by atoms with E-state index in [0.29, 0.717) is 24.5 Å². The van der Waals surface area contributed by atoms with Crippen LogP contribution in [0.3, 0.4) is 0 Å². The van der Waals surface area contributed by atoms with Crippen molar-refractivity contribution in [3.8, 4) is 0 Å². The molecule has 1 saturated heterocycles. The Bertz CT molecular complexity index is 505. The number of ether oxygens (including phenoxy) is 1. The first kappa shape index (κ1) is 17.9. The van der Waals surface area contributed by atoms with Crippen LogP contribution in [-0.2, 0) is 11.3 Å². The number of nitrogens with zero attached hydrogens (tertiary/aromatic N) is 3. The van der Waals surface area contributed by atoms with Gasteiger partial charge in [0, 0.05) is 38.5 Å². The van der Waals surface area contributed by atoms with Gasteiger partial charge in [-0.05, 0) is 32.1 Å². The van der Waals surface area contributed by atoms with Crippen molar-refractivity contribution in [2.45, 2.75) is 52.7 Å². The average molecular weight is 323 g/mol. The van der Waals surface area contributed by atoms with E-state index >= 15 is 0 Å². The Morgan fingerprint density at radius 2 is 2.13 bits per heavy atom. The molecule has 1 aromatic rings. The molecule has 0 aliphatic carbocycles. The average Bonchev–Trinajstić information content (AvgIpc) is 2.88. The van der Waals surface area contributed by atoms with Crippen LogP contribution in [0.15, 0.2) is 6.20 Å². The van der Waals surface area contributed by atoms with Crippen molar-refractivity contribution >= 4 is 5.91 Å². The fourth-order valence-corrected chi connectivity index (χ4v) is 2.90. The van der Waals surface area contributed by atoms with Crippen molar-refractivity contribution in [3.05, 3.63) is 17.5 Å². The van der Waals surface area contributed by atoms with Gasteiger partial charge in [0.25, 0.3) is 5.91 Å². The number of aromatic nitrogens is 2. The van der Waals surface area contributed by atoms with Gasteiger partial charge in [-0.25, -0.2) is 0 Å². The number of rotatable bonds is 7. The molecule has 6 heteroatoms. The molecule has 0 atom stereocenters. The smallest absolute Gasteiger partial charge is 0.257 e. The molecule has 1 fully saturated rings. The zero-order valence-corrected chi connectivity index (χ0v) is 14.5. The first-order chi connectivity index (χ1) is 11.0. The molecular formula is C17H29N3O3. The summed E-state index contributed by atoms with van der Waals surface area (Å²) in [6, 6.07) is 0. The summed E-state index contributed by atoms with van der Waals surface area (Å²) in [7, 11) is 0. The highest BCUT2D eigenvalue weighted by molar-refractivity contribution is 5.95. The van der Waals surface area contributed by atoms with Crippen LogP contribution >= 0.6 is 0 Å². The Labute approximate surface area is 138 Å². The monoisotopic (exact) mass is 323 g/mol. The van der Waals surface area contributed by atoms with E-state index in [0.717, 1.165) is 38.2 Å². The molecule has 2 heterocycles. The predicted octanol–water partition coefficient (Wildman–Crippen LogP) is 1.85. The SMILES string of the molecule is Cc1c(C(=O)N2CCC(OCCCO)CC2)cnn1CC(C)C. The van der Waals surface area contributed by atoms with Crippen LogP contribution in [0.4, 0.5) is 0 Å². The van der Waals surface area contributed by atoms with Gasteiger partial charge in [-0.2, -0.15) is 5.10 Å². The highest BCUT2D eigenvalue weighted by Gasteiger charge is 2.26. The molecule has 0 spiro atoms. The third-order valence-electron chi connectivity index (χ3n) is 4.26. The number of aliphatic hydroxyl groups excluding tert-OH is 1. The maximum atomic E-state index is 12.7. The Hall–Kier alpha value is -1.40. The van der Waals surface area contributed by atoms with Gasteiger partial charge in [0.1, 0.15) is 0 Å². The van der Waals surface area contributed by atoms with E-state index in [1.165, 1.54) is 0 Å². The maximum Gasteiger partial charge on any atom is 0.257 e. The second kappa shape index (κ2) is 8.45. The molecular weight excluding hydrogens is 294 g/mol. The summed E-state index contributed by atoms with van der Waals surface area (Å²) >= 11 is 0. The molecule has 1 N–H and O–H groups in total. The predicted molar refractivity (Wildman–Crippen MR) is 88.4 cm³/mol. The van der Waals surface area contributed by atoms with Gasteiger partial charge >= 0.3 is 0 Å². The lowest BCUT2D eigenvalue weighted by Gasteiger charge is -2.32. The third-order valence-corrected chi connectivity index (χ3v) is 4.26. The number of amides is 1. The summed E-state index contributed by atoms with van der Waals surface area (Å²) in [5.41, 5.74) is 1.66. The van der Waals surface area contributed by atoms with Crippen LogP contribution in [0.2, 0.25) is 0 Å². The standard InChI is InChI=1S/C17H29N3O3/c1-13(2)12-20-14(3)16(11-18-20)17(22)19-7-5-15(6-8-19)23-10-4-9-21/h11,13,15,21H,4-10,12H2,1-3H3. The van der Waals surface area contributed by atoms with Crippen LogP contribution in [-0.4, -0.2) is 58.1 Å². The van der Waals surface area contributed by atoms with E-state index in [9.17, 15) is 4.79 Å². The first-order valence-electron chi connectivity index (χ1n) is 8.57. The fraction of sp³-hybridized carbons (Fsp3) is 0.765. The summed E-state index contributed by atoms with van der Waals surface area (Å²) in [5.74, 6) is 0.578. The van der Waals surface area contributed by atoms with Crippen molar-refractivity contribution in [1.29, 1.82) is 0 Å². The normalized spacial score (nSPS) is 16.3. The third kappa shape index (κ3) is 4.78. The maximum absolute atomic E-state index is 12.7. The molecule has 0 radical (unpaired) electrons. The number of piperidine rings is 1. The molecule has 6 nitrogen and oxygen atoms in total. The lowest BCUT2D eigenvalue weighted by Crippen LogP contribution is -2.41. The van der Waals surface area contributed by atoms with Crippen molar-refractivity contribution in [3.63, 3.8) is 0 Å². The number of carbonyl (C=O) groups excluding carboxylic acids is 1. The minimum absolute atomic E-state index is 0.0753. The minimum atomic E-state index is 0.0753. The summed E-state index contributed by atoms with van der Waals surface area (Å²) in [4.78, 5) is 14.6. The fourth-order valence-electron chi connectivity index (χ4n) is 2.90. The molecule has 23 heavy (non-hydrogen) atoms. The van der Waals surface area contributed by atoms with E-state index in [4.69, 9.17) is 9.84 Å². The Morgan fingerprint density at radius 1 is 1.43 bits per heavy atom. The number of hydrogen-bond donors (Lipinski definition) is 1. The molecule has 0 bridgehead atoms. The summed E-state index contributed by atoms with van der Waals surface area (Å²) in [6.07, 6.45) is 4.29. The van der Waals surface area contributed by atoms with Gasteiger partial charge in [0.05, 0.1) is 17.9 Å². The molecule has 130 valence electrons. The number of carbonyl (C=O) groups is 1. The Morgan fingerprint density at radius 3 is 2.74 bits per heavy atom. The second-order valence-corrected chi connectivity index (χ2v) is 6.66. The van der Waals surface area contributed by atoms with E-state index in [2.05, 4.69) is 18.9 Å². The topological polar surface area (TPSA) is 67.6 Å². The number of hydrogen-bond acceptors (Lipinski definition) is 4. The largest absolute Gasteiger partial charge is 0.396 e. The lowest BCUT2D eigenvalue weighted by molar-refractivity contribution is 0.00396. The van der Waals surface area contributed by atoms with Gasteiger partial charge in [0.2, 0.25) is 0 Å². The van der Waals surface area contributed by atoms with Gasteiger partial charge in [-0.3, -0.25) is 9.48 Å². The number of aliphatic hydroxyl groups is 1. The van der Waals surface area contributed by atoms with Crippen molar-refractivity contribution in [2.75, 3.05) is 26.3 Å². The van der Waals surface area contributed by atoms with Crippen LogP contribution in [0.1, 0.15) is 49.2 Å². The van der Waals surface area contributed by atoms with Gasteiger partial charge in [0.15, 0.2) is 0 Å². The van der Waals surface area contributed by atoms with E-state index in [-0.39, 0.29) is 18.6 Å². The van der Waals surface area contributed by atoms with Crippen molar-refractivity contribution in [2.24, 2.45) is 5.92 Å². The molecule has 0 aromatic carbocycles. The van der Waals surface area contributed by atoms with E-state index < -0.39 is 0 Å². The molecule has 1 aromatic heterocycles. The summed E-state index contributed by atoms with van der Waals surface area (Å²) in [5, 5.41) is 13.1. The molecule has 1 aliphatic heterocycles.